The van der Waals surface area contributed by atoms with Gasteiger partial charge in [0, 0.05) is 11.6 Å². The second kappa shape index (κ2) is 7.68. The lowest BCUT2D eigenvalue weighted by molar-refractivity contribution is 0.172. The van der Waals surface area contributed by atoms with Crippen LogP contribution in [0.5, 0.6) is 5.75 Å². The van der Waals surface area contributed by atoms with Crippen LogP contribution in [-0.2, 0) is 10.3 Å². The summed E-state index contributed by atoms with van der Waals surface area (Å²) in [5.41, 5.74) is 0.140. The number of carbonyl (C=O) groups excluding carboxylic acids is 1. The summed E-state index contributed by atoms with van der Waals surface area (Å²) in [4.78, 5) is 20.3. The summed E-state index contributed by atoms with van der Waals surface area (Å²) >= 11 is 0. The van der Waals surface area contributed by atoms with Gasteiger partial charge in [0.2, 0.25) is 0 Å². The van der Waals surface area contributed by atoms with Gasteiger partial charge in [0.25, 0.3) is 0 Å². The monoisotopic (exact) mass is 343 g/mol. The quantitative estimate of drug-likeness (QED) is 0.735. The standard InChI is InChI=1S/C19H25N3O3/c1-3-4-5-6-7-10-24-15-8-9-16-14(11-15)12-20-17(21-16)19(2)13-25-18(23)22-19/h8-9,11-12H,3-7,10,13H2,1-2H3,(H,22,23). The predicted octanol–water partition coefficient (Wildman–Crippen LogP) is 3.93. The van der Waals surface area contributed by atoms with E-state index in [9.17, 15) is 4.79 Å². The molecule has 0 spiro atoms. The number of amides is 1. The van der Waals surface area contributed by atoms with Gasteiger partial charge in [-0.2, -0.15) is 0 Å². The SMILES string of the molecule is CCCCCCCOc1ccc2nc(C3(C)COC(=O)N3)ncc2c1. The van der Waals surface area contributed by atoms with Crippen LogP contribution in [0.2, 0.25) is 0 Å². The molecule has 134 valence electrons. The molecular weight excluding hydrogens is 318 g/mol. The van der Waals surface area contributed by atoms with Crippen molar-refractivity contribution in [3.05, 3.63) is 30.2 Å². The topological polar surface area (TPSA) is 73.3 Å². The Morgan fingerprint density at radius 3 is 2.88 bits per heavy atom. The summed E-state index contributed by atoms with van der Waals surface area (Å²) in [5, 5.41) is 3.68. The van der Waals surface area contributed by atoms with E-state index in [-0.39, 0.29) is 6.61 Å². The van der Waals surface area contributed by atoms with Gasteiger partial charge in [-0.25, -0.2) is 14.8 Å². The molecule has 1 atom stereocenters. The first-order valence-corrected chi connectivity index (χ1v) is 8.96. The van der Waals surface area contributed by atoms with Crippen molar-refractivity contribution in [1.29, 1.82) is 0 Å². The number of hydrogen-bond acceptors (Lipinski definition) is 5. The molecule has 1 aromatic carbocycles. The molecule has 6 nitrogen and oxygen atoms in total. The van der Waals surface area contributed by atoms with E-state index in [1.54, 1.807) is 6.20 Å². The fraction of sp³-hybridized carbons (Fsp3) is 0.526. The normalized spacial score (nSPS) is 19.7. The first-order valence-electron chi connectivity index (χ1n) is 8.96. The van der Waals surface area contributed by atoms with Gasteiger partial charge < -0.3 is 14.8 Å². The fourth-order valence-corrected chi connectivity index (χ4v) is 2.89. The fourth-order valence-electron chi connectivity index (χ4n) is 2.89. The molecule has 1 saturated heterocycles. The molecule has 2 heterocycles. The molecule has 1 unspecified atom stereocenters. The highest BCUT2D eigenvalue weighted by Gasteiger charge is 2.39. The zero-order valence-electron chi connectivity index (χ0n) is 14.9. The van der Waals surface area contributed by atoms with Gasteiger partial charge in [0.15, 0.2) is 5.82 Å². The summed E-state index contributed by atoms with van der Waals surface area (Å²) < 4.78 is 10.8. The molecule has 1 amide bonds. The number of carbonyl (C=O) groups is 1. The lowest BCUT2D eigenvalue weighted by Gasteiger charge is -2.19. The molecule has 2 aromatic rings. The minimum absolute atomic E-state index is 0.233. The molecular formula is C19H25N3O3. The smallest absolute Gasteiger partial charge is 0.408 e. The Morgan fingerprint density at radius 1 is 1.28 bits per heavy atom. The Balaban J connectivity index is 1.64. The number of nitrogens with zero attached hydrogens (tertiary/aromatic N) is 2. The highest BCUT2D eigenvalue weighted by Crippen LogP contribution is 2.25. The zero-order valence-corrected chi connectivity index (χ0v) is 14.9. The molecule has 1 N–H and O–H groups in total. The van der Waals surface area contributed by atoms with Gasteiger partial charge in [-0.1, -0.05) is 32.6 Å². The van der Waals surface area contributed by atoms with E-state index in [4.69, 9.17) is 9.47 Å². The summed E-state index contributed by atoms with van der Waals surface area (Å²) in [6.45, 7) is 5.04. The van der Waals surface area contributed by atoms with Crippen molar-refractivity contribution in [3.63, 3.8) is 0 Å². The number of hydrogen-bond donors (Lipinski definition) is 1. The van der Waals surface area contributed by atoms with Crippen LogP contribution < -0.4 is 10.1 Å². The van der Waals surface area contributed by atoms with Gasteiger partial charge in [-0.15, -0.1) is 0 Å². The third-order valence-electron chi connectivity index (χ3n) is 4.43. The maximum absolute atomic E-state index is 11.3. The number of rotatable bonds is 8. The van der Waals surface area contributed by atoms with Crippen molar-refractivity contribution >= 4 is 17.0 Å². The number of nitrogens with one attached hydrogen (secondary N) is 1. The van der Waals surface area contributed by atoms with E-state index in [0.29, 0.717) is 5.82 Å². The van der Waals surface area contributed by atoms with E-state index in [1.807, 2.05) is 25.1 Å². The molecule has 0 saturated carbocycles. The van der Waals surface area contributed by atoms with E-state index < -0.39 is 11.6 Å². The van der Waals surface area contributed by atoms with Crippen molar-refractivity contribution in [2.24, 2.45) is 0 Å². The van der Waals surface area contributed by atoms with E-state index >= 15 is 0 Å². The van der Waals surface area contributed by atoms with Crippen molar-refractivity contribution in [3.8, 4) is 5.75 Å². The summed E-state index contributed by atoms with van der Waals surface area (Å²) in [5.74, 6) is 1.39. The van der Waals surface area contributed by atoms with E-state index in [1.165, 1.54) is 25.7 Å². The highest BCUT2D eigenvalue weighted by molar-refractivity contribution is 5.79. The van der Waals surface area contributed by atoms with Crippen LogP contribution in [0.3, 0.4) is 0 Å². The lowest BCUT2D eigenvalue weighted by Crippen LogP contribution is -2.39. The van der Waals surface area contributed by atoms with Gasteiger partial charge in [-0.05, 0) is 31.5 Å². The number of fused-ring (bicyclic) bond motifs is 1. The van der Waals surface area contributed by atoms with Gasteiger partial charge in [0.1, 0.15) is 17.9 Å². The molecule has 3 rings (SSSR count). The van der Waals surface area contributed by atoms with Crippen LogP contribution in [0.15, 0.2) is 24.4 Å². The zero-order chi connectivity index (χ0) is 17.7. The maximum atomic E-state index is 11.3. The molecule has 0 bridgehead atoms. The van der Waals surface area contributed by atoms with Crippen LogP contribution in [0.4, 0.5) is 4.79 Å². The minimum Gasteiger partial charge on any atom is -0.494 e. The Bertz CT molecular complexity index is 750. The molecule has 0 aliphatic carbocycles. The molecule has 1 aromatic heterocycles. The number of benzene rings is 1. The maximum Gasteiger partial charge on any atom is 0.408 e. The Hall–Kier alpha value is -2.37. The summed E-state index contributed by atoms with van der Waals surface area (Å²) in [6, 6.07) is 5.81. The van der Waals surface area contributed by atoms with Crippen LogP contribution in [0.1, 0.15) is 51.8 Å². The number of alkyl carbamates (subject to hydrolysis) is 1. The molecule has 1 aliphatic rings. The second-order valence-electron chi connectivity index (χ2n) is 6.71. The molecule has 6 heteroatoms. The third kappa shape index (κ3) is 4.18. The molecule has 0 radical (unpaired) electrons. The first kappa shape index (κ1) is 17.5. The number of unbranched alkanes of at least 4 members (excludes halogenated alkanes) is 4. The van der Waals surface area contributed by atoms with Crippen molar-refractivity contribution in [1.82, 2.24) is 15.3 Å². The van der Waals surface area contributed by atoms with E-state index in [2.05, 4.69) is 22.2 Å². The Kier molecular flexibility index (Phi) is 5.36. The predicted molar refractivity (Wildman–Crippen MR) is 95.6 cm³/mol. The average Bonchev–Trinajstić information content (AvgIpc) is 2.97. The van der Waals surface area contributed by atoms with Crippen LogP contribution >= 0.6 is 0 Å². The lowest BCUT2D eigenvalue weighted by atomic mass is 10.0. The van der Waals surface area contributed by atoms with Gasteiger partial charge >= 0.3 is 6.09 Å². The largest absolute Gasteiger partial charge is 0.494 e. The third-order valence-corrected chi connectivity index (χ3v) is 4.43. The second-order valence-corrected chi connectivity index (χ2v) is 6.71. The first-order chi connectivity index (χ1) is 12.1. The van der Waals surface area contributed by atoms with Crippen LogP contribution in [-0.4, -0.2) is 29.3 Å². The molecule has 1 aliphatic heterocycles. The van der Waals surface area contributed by atoms with Gasteiger partial charge in [0.05, 0.1) is 12.1 Å². The number of aromatic nitrogens is 2. The molecule has 1 fully saturated rings. The van der Waals surface area contributed by atoms with Crippen molar-refractivity contribution in [2.75, 3.05) is 13.2 Å². The highest BCUT2D eigenvalue weighted by atomic mass is 16.6. The van der Waals surface area contributed by atoms with Gasteiger partial charge in [-0.3, -0.25) is 0 Å². The van der Waals surface area contributed by atoms with Crippen molar-refractivity contribution in [2.45, 2.75) is 51.5 Å². The Morgan fingerprint density at radius 2 is 2.12 bits per heavy atom. The van der Waals surface area contributed by atoms with E-state index in [0.717, 1.165) is 29.7 Å². The van der Waals surface area contributed by atoms with Crippen LogP contribution in [0.25, 0.3) is 10.9 Å². The summed E-state index contributed by atoms with van der Waals surface area (Å²) in [6.07, 6.45) is 7.43. The summed E-state index contributed by atoms with van der Waals surface area (Å²) in [7, 11) is 0. The van der Waals surface area contributed by atoms with Crippen LogP contribution in [0, 0.1) is 0 Å². The number of ether oxygens (including phenoxy) is 2. The minimum atomic E-state index is -0.682. The molecule has 25 heavy (non-hydrogen) atoms. The average molecular weight is 343 g/mol. The number of cyclic esters (lactones) is 1. The Labute approximate surface area is 147 Å². The van der Waals surface area contributed by atoms with Crippen molar-refractivity contribution < 1.29 is 14.3 Å².